The predicted molar refractivity (Wildman–Crippen MR) is 88.9 cm³/mol. The van der Waals surface area contributed by atoms with E-state index in [0.29, 0.717) is 0 Å². The molecule has 0 unspecified atom stereocenters. The van der Waals surface area contributed by atoms with Gasteiger partial charge < -0.3 is 10.6 Å². The second-order valence-corrected chi connectivity index (χ2v) is 6.46. The zero-order valence-electron chi connectivity index (χ0n) is 13.7. The summed E-state index contributed by atoms with van der Waals surface area (Å²) in [6.07, 6.45) is 5.42. The van der Waals surface area contributed by atoms with Crippen molar-refractivity contribution in [3.05, 3.63) is 29.3 Å². The Bertz CT molecular complexity index is 546. The molecule has 2 rings (SSSR count). The van der Waals surface area contributed by atoms with Gasteiger partial charge in [-0.05, 0) is 36.8 Å². The largest absolute Gasteiger partial charge is 0.345 e. The molecule has 0 bridgehead atoms. The molecule has 4 nitrogen and oxygen atoms in total. The number of hydrogen-bond acceptors (Lipinski definition) is 2. The Balaban J connectivity index is 2.03. The van der Waals surface area contributed by atoms with E-state index in [4.69, 9.17) is 0 Å². The van der Waals surface area contributed by atoms with E-state index in [1.165, 1.54) is 6.42 Å². The molecule has 0 aliphatic heterocycles. The minimum absolute atomic E-state index is 0.147. The summed E-state index contributed by atoms with van der Waals surface area (Å²) in [5.74, 6) is -0.803. The van der Waals surface area contributed by atoms with E-state index in [1.54, 1.807) is 0 Å². The topological polar surface area (TPSA) is 58.2 Å². The molecule has 1 fully saturated rings. The Morgan fingerprint density at radius 3 is 2.41 bits per heavy atom. The molecule has 0 saturated heterocycles. The lowest BCUT2D eigenvalue weighted by atomic mass is 9.95. The van der Waals surface area contributed by atoms with Gasteiger partial charge in [0.1, 0.15) is 0 Å². The summed E-state index contributed by atoms with van der Waals surface area (Å²) in [5, 5.41) is 5.65. The number of carbonyl (C=O) groups is 2. The van der Waals surface area contributed by atoms with Crippen LogP contribution in [0, 0.1) is 6.92 Å². The van der Waals surface area contributed by atoms with Crippen molar-refractivity contribution in [1.29, 1.82) is 0 Å². The fourth-order valence-electron chi connectivity index (χ4n) is 3.01. The molecule has 1 aromatic rings. The molecule has 0 heterocycles. The van der Waals surface area contributed by atoms with E-state index < -0.39 is 11.8 Å². The Labute approximate surface area is 132 Å². The molecule has 2 N–H and O–H groups in total. The molecule has 2 amide bonds. The second kappa shape index (κ2) is 7.43. The van der Waals surface area contributed by atoms with Crippen LogP contribution in [0.15, 0.2) is 18.2 Å². The first-order valence-corrected chi connectivity index (χ1v) is 8.20. The average Bonchev–Trinajstić information content (AvgIpc) is 2.49. The van der Waals surface area contributed by atoms with Crippen LogP contribution in [0.2, 0.25) is 0 Å². The first-order chi connectivity index (χ1) is 10.5. The Morgan fingerprint density at radius 2 is 1.77 bits per heavy atom. The average molecular weight is 302 g/mol. The first-order valence-electron chi connectivity index (χ1n) is 8.20. The van der Waals surface area contributed by atoms with E-state index in [0.717, 1.165) is 42.5 Å². The third-order valence-corrected chi connectivity index (χ3v) is 4.31. The molecular weight excluding hydrogens is 276 g/mol. The number of carbonyl (C=O) groups excluding carboxylic acids is 2. The van der Waals surface area contributed by atoms with Crippen LogP contribution in [0.5, 0.6) is 0 Å². The second-order valence-electron chi connectivity index (χ2n) is 6.46. The summed E-state index contributed by atoms with van der Waals surface area (Å²) in [5.41, 5.74) is 2.80. The monoisotopic (exact) mass is 302 g/mol. The van der Waals surface area contributed by atoms with Gasteiger partial charge in [-0.1, -0.05) is 51.3 Å². The Kier molecular flexibility index (Phi) is 5.58. The van der Waals surface area contributed by atoms with E-state index in [9.17, 15) is 9.59 Å². The summed E-state index contributed by atoms with van der Waals surface area (Å²) in [4.78, 5) is 24.3. The van der Waals surface area contributed by atoms with Crippen LogP contribution in [0.25, 0.3) is 0 Å². The van der Waals surface area contributed by atoms with Crippen molar-refractivity contribution in [1.82, 2.24) is 5.32 Å². The highest BCUT2D eigenvalue weighted by Crippen LogP contribution is 2.27. The predicted octanol–water partition coefficient (Wildman–Crippen LogP) is 3.51. The SMILES string of the molecule is Cc1cccc(C(C)C)c1NC(=O)C(=O)NC1CCCCC1. The minimum atomic E-state index is -0.568. The number of aryl methyl sites for hydroxylation is 1. The molecular formula is C18H26N2O2. The Hall–Kier alpha value is -1.84. The summed E-state index contributed by atoms with van der Waals surface area (Å²) < 4.78 is 0. The van der Waals surface area contributed by atoms with Gasteiger partial charge in [0.2, 0.25) is 0 Å². The van der Waals surface area contributed by atoms with Crippen LogP contribution in [0.4, 0.5) is 5.69 Å². The number of rotatable bonds is 3. The molecule has 22 heavy (non-hydrogen) atoms. The van der Waals surface area contributed by atoms with Gasteiger partial charge in [-0.25, -0.2) is 0 Å². The number of benzene rings is 1. The highest BCUT2D eigenvalue weighted by atomic mass is 16.2. The smallest absolute Gasteiger partial charge is 0.313 e. The first kappa shape index (κ1) is 16.5. The highest BCUT2D eigenvalue weighted by molar-refractivity contribution is 6.39. The van der Waals surface area contributed by atoms with E-state index >= 15 is 0 Å². The fraction of sp³-hybridized carbons (Fsp3) is 0.556. The zero-order chi connectivity index (χ0) is 16.1. The summed E-state index contributed by atoms with van der Waals surface area (Å²) in [6, 6.07) is 6.06. The summed E-state index contributed by atoms with van der Waals surface area (Å²) in [7, 11) is 0. The van der Waals surface area contributed by atoms with Crippen LogP contribution in [0.1, 0.15) is 63.0 Å². The van der Waals surface area contributed by atoms with E-state index in [2.05, 4.69) is 24.5 Å². The maximum atomic E-state index is 12.2. The normalized spacial score (nSPS) is 15.6. The lowest BCUT2D eigenvalue weighted by Gasteiger charge is -2.22. The lowest BCUT2D eigenvalue weighted by Crippen LogP contribution is -2.42. The van der Waals surface area contributed by atoms with Crippen molar-refractivity contribution in [2.45, 2.75) is 64.8 Å². The fourth-order valence-corrected chi connectivity index (χ4v) is 3.01. The van der Waals surface area contributed by atoms with Crippen LogP contribution < -0.4 is 10.6 Å². The summed E-state index contributed by atoms with van der Waals surface area (Å²) >= 11 is 0. The summed E-state index contributed by atoms with van der Waals surface area (Å²) in [6.45, 7) is 6.10. The molecule has 0 spiro atoms. The van der Waals surface area contributed by atoms with Crippen molar-refractivity contribution in [3.8, 4) is 0 Å². The molecule has 0 aromatic heterocycles. The number of nitrogens with one attached hydrogen (secondary N) is 2. The van der Waals surface area contributed by atoms with E-state index in [1.807, 2.05) is 25.1 Å². The lowest BCUT2D eigenvalue weighted by molar-refractivity contribution is -0.136. The van der Waals surface area contributed by atoms with Crippen LogP contribution in [0.3, 0.4) is 0 Å². The molecule has 1 saturated carbocycles. The van der Waals surface area contributed by atoms with Gasteiger partial charge in [0, 0.05) is 11.7 Å². The maximum absolute atomic E-state index is 12.2. The van der Waals surface area contributed by atoms with Crippen LogP contribution in [-0.4, -0.2) is 17.9 Å². The standard InChI is InChI=1S/C18H26N2O2/c1-12(2)15-11-7-8-13(3)16(15)20-18(22)17(21)19-14-9-5-4-6-10-14/h7-8,11-12,14H,4-6,9-10H2,1-3H3,(H,19,21)(H,20,22). The molecule has 4 heteroatoms. The zero-order valence-corrected chi connectivity index (χ0v) is 13.7. The van der Waals surface area contributed by atoms with E-state index in [-0.39, 0.29) is 12.0 Å². The molecule has 1 aromatic carbocycles. The molecule has 120 valence electrons. The van der Waals surface area contributed by atoms with Gasteiger partial charge in [-0.2, -0.15) is 0 Å². The molecule has 0 atom stereocenters. The third-order valence-electron chi connectivity index (χ3n) is 4.31. The number of amides is 2. The quantitative estimate of drug-likeness (QED) is 0.840. The number of anilines is 1. The minimum Gasteiger partial charge on any atom is -0.345 e. The van der Waals surface area contributed by atoms with Crippen LogP contribution >= 0.6 is 0 Å². The van der Waals surface area contributed by atoms with Gasteiger partial charge in [-0.15, -0.1) is 0 Å². The number of para-hydroxylation sites is 1. The van der Waals surface area contributed by atoms with Gasteiger partial charge in [0.05, 0.1) is 0 Å². The molecule has 1 aliphatic rings. The van der Waals surface area contributed by atoms with Crippen molar-refractivity contribution >= 4 is 17.5 Å². The van der Waals surface area contributed by atoms with Crippen molar-refractivity contribution in [2.24, 2.45) is 0 Å². The Morgan fingerprint density at radius 1 is 1.09 bits per heavy atom. The maximum Gasteiger partial charge on any atom is 0.313 e. The van der Waals surface area contributed by atoms with Gasteiger partial charge in [0.25, 0.3) is 0 Å². The van der Waals surface area contributed by atoms with Crippen molar-refractivity contribution in [3.63, 3.8) is 0 Å². The van der Waals surface area contributed by atoms with Crippen molar-refractivity contribution < 1.29 is 9.59 Å². The third kappa shape index (κ3) is 4.09. The van der Waals surface area contributed by atoms with Gasteiger partial charge in [-0.3, -0.25) is 9.59 Å². The molecule has 0 radical (unpaired) electrons. The molecule has 1 aliphatic carbocycles. The van der Waals surface area contributed by atoms with Gasteiger partial charge >= 0.3 is 11.8 Å². The number of hydrogen-bond donors (Lipinski definition) is 2. The van der Waals surface area contributed by atoms with Crippen molar-refractivity contribution in [2.75, 3.05) is 5.32 Å². The highest BCUT2D eigenvalue weighted by Gasteiger charge is 2.22. The van der Waals surface area contributed by atoms with Crippen LogP contribution in [-0.2, 0) is 9.59 Å². The van der Waals surface area contributed by atoms with Gasteiger partial charge in [0.15, 0.2) is 0 Å².